The predicted octanol–water partition coefficient (Wildman–Crippen LogP) is 8.82. The van der Waals surface area contributed by atoms with Crippen LogP contribution >= 0.6 is 23.4 Å². The molecule has 4 aromatic rings. The Balaban J connectivity index is 0.000000169. The molecule has 7 rings (SSSR count). The Morgan fingerprint density at radius 1 is 0.857 bits per heavy atom. The van der Waals surface area contributed by atoms with Crippen molar-refractivity contribution >= 4 is 44.9 Å². The van der Waals surface area contributed by atoms with E-state index in [2.05, 4.69) is 133 Å². The van der Waals surface area contributed by atoms with Crippen LogP contribution < -0.4 is 4.90 Å². The molecular weight excluding hydrogens is 674 g/mol. The summed E-state index contributed by atoms with van der Waals surface area (Å²) in [6.45, 7) is 2.09. The minimum atomic E-state index is -3.67. The predicted molar refractivity (Wildman–Crippen MR) is 203 cm³/mol. The minimum absolute atomic E-state index is 0.0465. The molecule has 1 N–H and O–H groups in total. The molecule has 0 radical (unpaired) electrons. The molecule has 10 heteroatoms. The number of benzene rings is 4. The van der Waals surface area contributed by atoms with E-state index in [9.17, 15) is 8.42 Å². The zero-order chi connectivity index (χ0) is 35.0. The van der Waals surface area contributed by atoms with E-state index in [1.165, 1.54) is 58.0 Å². The number of nitrogens with zero attached hydrogens (tertiary/aromatic N) is 3. The molecular formula is C39H48ClN3O4S2. The van der Waals surface area contributed by atoms with Crippen LogP contribution in [0.5, 0.6) is 0 Å². The molecule has 3 atom stereocenters. The van der Waals surface area contributed by atoms with E-state index >= 15 is 0 Å². The number of ether oxygens (including phenoxy) is 1. The molecule has 3 aliphatic rings. The largest absolute Gasteiger partial charge is 0.365 e. The molecule has 3 heterocycles. The lowest BCUT2D eigenvalue weighted by atomic mass is 9.97. The molecule has 7 nitrogen and oxygen atoms in total. The van der Waals surface area contributed by atoms with Gasteiger partial charge in [-0.1, -0.05) is 96.2 Å². The Hall–Kier alpha value is -2.89. The summed E-state index contributed by atoms with van der Waals surface area (Å²) in [7, 11) is 2.85. The molecule has 0 aliphatic carbocycles. The molecule has 0 saturated carbocycles. The van der Waals surface area contributed by atoms with Gasteiger partial charge in [-0.25, -0.2) is 0 Å². The Kier molecular flexibility index (Phi) is 13.2. The van der Waals surface area contributed by atoms with Crippen LogP contribution in [0.15, 0.2) is 113 Å². The van der Waals surface area contributed by atoms with Gasteiger partial charge in [0.2, 0.25) is 0 Å². The summed E-state index contributed by atoms with van der Waals surface area (Å²) in [4.78, 5) is 9.79. The summed E-state index contributed by atoms with van der Waals surface area (Å²) in [5, 5.41) is 0.798. The molecule has 4 aromatic carbocycles. The summed E-state index contributed by atoms with van der Waals surface area (Å²) in [6.07, 6.45) is 7.27. The van der Waals surface area contributed by atoms with Gasteiger partial charge < -0.3 is 19.4 Å². The number of hydrogen-bond acceptors (Lipinski definition) is 7. The van der Waals surface area contributed by atoms with E-state index in [1.54, 1.807) is 0 Å². The number of anilines is 2. The van der Waals surface area contributed by atoms with Crippen molar-refractivity contribution in [3.8, 4) is 0 Å². The number of piperidine rings is 1. The first-order valence-electron chi connectivity index (χ1n) is 16.8. The number of para-hydroxylation sites is 1. The van der Waals surface area contributed by atoms with E-state index in [1.807, 2.05) is 17.8 Å². The molecule has 1 unspecified atom stereocenters. The average Bonchev–Trinajstić information content (AvgIpc) is 3.26. The maximum absolute atomic E-state index is 9.19. The van der Waals surface area contributed by atoms with E-state index in [-0.39, 0.29) is 6.10 Å². The lowest BCUT2D eigenvalue weighted by Crippen LogP contribution is -2.43. The van der Waals surface area contributed by atoms with Gasteiger partial charge in [0, 0.05) is 33.4 Å². The van der Waals surface area contributed by atoms with Gasteiger partial charge in [-0.2, -0.15) is 8.42 Å². The van der Waals surface area contributed by atoms with Crippen molar-refractivity contribution in [3.63, 3.8) is 0 Å². The second kappa shape index (κ2) is 17.4. The van der Waals surface area contributed by atoms with E-state index < -0.39 is 10.1 Å². The zero-order valence-corrected chi connectivity index (χ0v) is 31.2. The lowest BCUT2D eigenvalue weighted by molar-refractivity contribution is -0.0426. The highest BCUT2D eigenvalue weighted by molar-refractivity contribution is 7.99. The van der Waals surface area contributed by atoms with Gasteiger partial charge in [-0.15, -0.1) is 0 Å². The maximum atomic E-state index is 9.19. The average molecular weight is 722 g/mol. The van der Waals surface area contributed by atoms with Crippen LogP contribution in [0.25, 0.3) is 0 Å². The molecule has 0 aromatic heterocycles. The van der Waals surface area contributed by atoms with Crippen LogP contribution in [0.4, 0.5) is 11.4 Å². The summed E-state index contributed by atoms with van der Waals surface area (Å²) in [6, 6.07) is 37.5. The standard InChI is InChI=1S/C21H25NO.C17H19ClN2S.CH4O3S/c1-22-18-12-13-19(22)15-20(14-18)23-21(16-8-4-2-5-9-16)17-10-6-3-7-11-17;1-19(2)10-5-11-20-14-6-3-4-7-16(14)21-17-9-8-13(18)12-15(17)20;1-5(2,3)4/h2-11,18-21H,12-15H2,1H3;3-4,6-9,12H,5,10-11H2,1-2H3;1H3,(H,2,3,4)/t18-,19+,20?;;. The Labute approximate surface area is 302 Å². The van der Waals surface area contributed by atoms with Crippen LogP contribution in [-0.2, 0) is 14.9 Å². The van der Waals surface area contributed by atoms with Gasteiger partial charge in [-0.3, -0.25) is 4.55 Å². The van der Waals surface area contributed by atoms with Gasteiger partial charge >= 0.3 is 0 Å². The van der Waals surface area contributed by atoms with Crippen molar-refractivity contribution in [1.82, 2.24) is 9.80 Å². The second-order valence-corrected chi connectivity index (χ2v) is 16.2. The molecule has 262 valence electrons. The van der Waals surface area contributed by atoms with Crippen molar-refractivity contribution in [3.05, 3.63) is 119 Å². The van der Waals surface area contributed by atoms with Gasteiger partial charge in [-0.05, 0) is 101 Å². The molecule has 3 aliphatic heterocycles. The fraction of sp³-hybridized carbons (Fsp3) is 0.385. The first-order valence-corrected chi connectivity index (χ1v) is 19.9. The zero-order valence-electron chi connectivity index (χ0n) is 28.8. The molecule has 2 fully saturated rings. The quantitative estimate of drug-likeness (QED) is 0.181. The summed E-state index contributed by atoms with van der Waals surface area (Å²) in [5.74, 6) is 0. The fourth-order valence-corrected chi connectivity index (χ4v) is 8.10. The SMILES string of the molecule is CN(C)CCCN1c2ccccc2Sc2ccc(Cl)cc21.CN1[C@@H]2CC[C@H]1CC(OC(c1ccccc1)c1ccccc1)C2.CS(=O)(=O)O. The Morgan fingerprint density at radius 2 is 1.39 bits per heavy atom. The molecule has 49 heavy (non-hydrogen) atoms. The van der Waals surface area contributed by atoms with Crippen LogP contribution in [0.2, 0.25) is 5.02 Å². The first kappa shape index (κ1) is 37.4. The molecule has 0 amide bonds. The fourth-order valence-electron chi connectivity index (χ4n) is 6.86. The highest BCUT2D eigenvalue weighted by Gasteiger charge is 2.39. The highest BCUT2D eigenvalue weighted by atomic mass is 35.5. The summed E-state index contributed by atoms with van der Waals surface area (Å²) in [5.41, 5.74) is 5.02. The molecule has 2 bridgehead atoms. The minimum Gasteiger partial charge on any atom is -0.365 e. The van der Waals surface area contributed by atoms with Crippen molar-refractivity contribution in [2.24, 2.45) is 0 Å². The Morgan fingerprint density at radius 3 is 1.96 bits per heavy atom. The van der Waals surface area contributed by atoms with Crippen LogP contribution in [0.3, 0.4) is 0 Å². The Bertz CT molecular complexity index is 1680. The van der Waals surface area contributed by atoms with Crippen molar-refractivity contribution in [1.29, 1.82) is 0 Å². The topological polar surface area (TPSA) is 73.3 Å². The van der Waals surface area contributed by atoms with Gasteiger partial charge in [0.05, 0.1) is 23.7 Å². The van der Waals surface area contributed by atoms with E-state index in [4.69, 9.17) is 20.9 Å². The van der Waals surface area contributed by atoms with Crippen molar-refractivity contribution in [2.75, 3.05) is 45.4 Å². The smallest absolute Gasteiger partial charge is 0.261 e. The normalized spacial score (nSPS) is 19.8. The number of hydrogen-bond donors (Lipinski definition) is 1. The van der Waals surface area contributed by atoms with Crippen LogP contribution in [-0.4, -0.2) is 81.4 Å². The van der Waals surface area contributed by atoms with Crippen LogP contribution in [0.1, 0.15) is 49.3 Å². The van der Waals surface area contributed by atoms with Gasteiger partial charge in [0.25, 0.3) is 10.1 Å². The number of rotatable bonds is 8. The second-order valence-electron chi connectivity index (χ2n) is 13.2. The number of fused-ring (bicyclic) bond motifs is 4. The van der Waals surface area contributed by atoms with Gasteiger partial charge in [0.1, 0.15) is 6.10 Å². The third-order valence-corrected chi connectivity index (χ3v) is 10.5. The number of halogens is 1. The van der Waals surface area contributed by atoms with Crippen LogP contribution in [0, 0.1) is 0 Å². The third kappa shape index (κ3) is 10.8. The van der Waals surface area contributed by atoms with E-state index in [0.29, 0.717) is 24.4 Å². The highest BCUT2D eigenvalue weighted by Crippen LogP contribution is 2.48. The maximum Gasteiger partial charge on any atom is 0.261 e. The van der Waals surface area contributed by atoms with Crippen molar-refractivity contribution in [2.45, 2.75) is 66.2 Å². The third-order valence-electron chi connectivity index (χ3n) is 9.16. The summed E-state index contributed by atoms with van der Waals surface area (Å²) >= 11 is 8.03. The monoisotopic (exact) mass is 721 g/mol. The van der Waals surface area contributed by atoms with Crippen molar-refractivity contribution < 1.29 is 17.7 Å². The lowest BCUT2D eigenvalue weighted by Gasteiger charge is -2.38. The van der Waals surface area contributed by atoms with E-state index in [0.717, 1.165) is 24.5 Å². The summed E-state index contributed by atoms with van der Waals surface area (Å²) < 4.78 is 32.5. The van der Waals surface area contributed by atoms with Gasteiger partial charge in [0.15, 0.2) is 0 Å². The first-order chi connectivity index (χ1) is 23.5. The molecule has 0 spiro atoms. The molecule has 2 saturated heterocycles.